The molecule has 1 heterocycles. The third kappa shape index (κ3) is 4.56. The molecule has 2 aromatic carbocycles. The zero-order chi connectivity index (χ0) is 20.8. The van der Waals surface area contributed by atoms with Crippen molar-refractivity contribution in [3.05, 3.63) is 64.7 Å². The summed E-state index contributed by atoms with van der Waals surface area (Å²) in [6, 6.07) is 11.8. The van der Waals surface area contributed by atoms with E-state index in [2.05, 4.69) is 6.92 Å². The molecule has 2 aromatic rings. The van der Waals surface area contributed by atoms with Crippen LogP contribution in [0, 0.1) is 6.92 Å². The van der Waals surface area contributed by atoms with Crippen LogP contribution in [0.1, 0.15) is 82.1 Å². The van der Waals surface area contributed by atoms with Crippen molar-refractivity contribution in [3.8, 4) is 0 Å². The van der Waals surface area contributed by atoms with Gasteiger partial charge in [0.2, 0.25) is 0 Å². The van der Waals surface area contributed by atoms with E-state index in [9.17, 15) is 14.4 Å². The Bertz CT molecular complexity index is 919. The largest absolute Gasteiger partial charge is 0.462 e. The first-order chi connectivity index (χ1) is 14.0. The SMILES string of the molecule is CCCCCCCCOC(=O)c1ccc2c(c1)C(=O)N(c1ccccc1C)C2=O. The summed E-state index contributed by atoms with van der Waals surface area (Å²) < 4.78 is 5.34. The van der Waals surface area contributed by atoms with Gasteiger partial charge in [-0.1, -0.05) is 57.2 Å². The Labute approximate surface area is 171 Å². The highest BCUT2D eigenvalue weighted by molar-refractivity contribution is 6.34. The number of esters is 1. The summed E-state index contributed by atoms with van der Waals surface area (Å²) in [5, 5.41) is 0. The monoisotopic (exact) mass is 393 g/mol. The lowest BCUT2D eigenvalue weighted by Gasteiger charge is -2.16. The second-order valence-electron chi connectivity index (χ2n) is 7.40. The second kappa shape index (κ2) is 9.50. The first kappa shape index (κ1) is 20.8. The number of fused-ring (bicyclic) bond motifs is 1. The van der Waals surface area contributed by atoms with Crippen LogP contribution in [0.2, 0.25) is 0 Å². The summed E-state index contributed by atoms with van der Waals surface area (Å²) in [5.74, 6) is -1.24. The predicted octanol–water partition coefficient (Wildman–Crippen LogP) is 5.31. The first-order valence-corrected chi connectivity index (χ1v) is 10.3. The Morgan fingerprint density at radius 3 is 2.34 bits per heavy atom. The maximum absolute atomic E-state index is 12.9. The highest BCUT2D eigenvalue weighted by Gasteiger charge is 2.37. The standard InChI is InChI=1S/C24H27NO4/c1-3-4-5-6-7-10-15-29-24(28)18-13-14-19-20(16-18)23(27)25(22(19)26)21-12-9-8-11-17(21)2/h8-9,11-14,16H,3-7,10,15H2,1-2H3. The fourth-order valence-corrected chi connectivity index (χ4v) is 3.53. The van der Waals surface area contributed by atoms with Gasteiger partial charge in [-0.2, -0.15) is 0 Å². The smallest absolute Gasteiger partial charge is 0.338 e. The Hall–Kier alpha value is -2.95. The van der Waals surface area contributed by atoms with Gasteiger partial charge >= 0.3 is 5.97 Å². The van der Waals surface area contributed by atoms with Gasteiger partial charge in [0.1, 0.15) is 0 Å². The summed E-state index contributed by atoms with van der Waals surface area (Å²) in [6.07, 6.45) is 6.67. The molecule has 0 spiro atoms. The highest BCUT2D eigenvalue weighted by atomic mass is 16.5. The van der Waals surface area contributed by atoms with Gasteiger partial charge in [-0.15, -0.1) is 0 Å². The zero-order valence-electron chi connectivity index (χ0n) is 17.1. The van der Waals surface area contributed by atoms with Crippen LogP contribution in [0.25, 0.3) is 0 Å². The number of amides is 2. The van der Waals surface area contributed by atoms with Gasteiger partial charge < -0.3 is 4.74 Å². The lowest BCUT2D eigenvalue weighted by atomic mass is 10.1. The van der Waals surface area contributed by atoms with Crippen molar-refractivity contribution in [2.24, 2.45) is 0 Å². The number of benzene rings is 2. The van der Waals surface area contributed by atoms with Crippen molar-refractivity contribution >= 4 is 23.5 Å². The molecule has 3 rings (SSSR count). The van der Waals surface area contributed by atoms with Gasteiger partial charge in [-0.25, -0.2) is 9.69 Å². The molecule has 0 N–H and O–H groups in total. The minimum Gasteiger partial charge on any atom is -0.462 e. The molecule has 0 fully saturated rings. The molecule has 0 aromatic heterocycles. The summed E-state index contributed by atoms with van der Waals surface area (Å²) in [4.78, 5) is 39.1. The average molecular weight is 393 g/mol. The van der Waals surface area contributed by atoms with E-state index in [0.29, 0.717) is 23.4 Å². The molecule has 5 nitrogen and oxygen atoms in total. The minimum atomic E-state index is -0.462. The van der Waals surface area contributed by atoms with Gasteiger partial charge in [0.15, 0.2) is 0 Å². The lowest BCUT2D eigenvalue weighted by Crippen LogP contribution is -2.29. The molecular formula is C24H27NO4. The molecule has 0 unspecified atom stereocenters. The van der Waals surface area contributed by atoms with Crippen molar-refractivity contribution in [1.82, 2.24) is 0 Å². The molecule has 2 amide bonds. The van der Waals surface area contributed by atoms with E-state index in [1.54, 1.807) is 18.2 Å². The number of imide groups is 1. The molecule has 152 valence electrons. The summed E-state index contributed by atoms with van der Waals surface area (Å²) in [5.41, 5.74) is 2.24. The van der Waals surface area contributed by atoms with Crippen LogP contribution in [0.15, 0.2) is 42.5 Å². The van der Waals surface area contributed by atoms with Crippen LogP contribution in [-0.2, 0) is 4.74 Å². The molecule has 0 saturated heterocycles. The van der Waals surface area contributed by atoms with Crippen LogP contribution in [0.5, 0.6) is 0 Å². The third-order valence-corrected chi connectivity index (χ3v) is 5.21. The second-order valence-corrected chi connectivity index (χ2v) is 7.40. The molecule has 0 radical (unpaired) electrons. The van der Waals surface area contributed by atoms with E-state index in [-0.39, 0.29) is 11.5 Å². The van der Waals surface area contributed by atoms with Crippen LogP contribution < -0.4 is 4.90 Å². The minimum absolute atomic E-state index is 0.243. The normalized spacial score (nSPS) is 13.0. The lowest BCUT2D eigenvalue weighted by molar-refractivity contribution is 0.0497. The first-order valence-electron chi connectivity index (χ1n) is 10.3. The number of nitrogens with zero attached hydrogens (tertiary/aromatic N) is 1. The van der Waals surface area contributed by atoms with Crippen molar-refractivity contribution in [1.29, 1.82) is 0 Å². The maximum Gasteiger partial charge on any atom is 0.338 e. The molecule has 1 aliphatic rings. The van der Waals surface area contributed by atoms with E-state index < -0.39 is 11.9 Å². The molecule has 5 heteroatoms. The number of hydrogen-bond acceptors (Lipinski definition) is 4. The number of carbonyl (C=O) groups is 3. The van der Waals surface area contributed by atoms with Crippen LogP contribution in [-0.4, -0.2) is 24.4 Å². The van der Waals surface area contributed by atoms with Gasteiger partial charge in [-0.3, -0.25) is 9.59 Å². The molecule has 29 heavy (non-hydrogen) atoms. The van der Waals surface area contributed by atoms with Crippen LogP contribution >= 0.6 is 0 Å². The average Bonchev–Trinajstić information content (AvgIpc) is 2.97. The molecule has 0 bridgehead atoms. The van der Waals surface area contributed by atoms with Crippen LogP contribution in [0.4, 0.5) is 5.69 Å². The van der Waals surface area contributed by atoms with Gasteiger partial charge in [0.05, 0.1) is 29.0 Å². The Kier molecular flexibility index (Phi) is 6.81. The molecule has 0 saturated carbocycles. The molecular weight excluding hydrogens is 366 g/mol. The summed E-state index contributed by atoms with van der Waals surface area (Å²) in [6.45, 7) is 4.39. The molecule has 1 aliphatic heterocycles. The molecule has 0 aliphatic carbocycles. The number of para-hydroxylation sites is 1. The summed E-state index contributed by atoms with van der Waals surface area (Å²) >= 11 is 0. The third-order valence-electron chi connectivity index (χ3n) is 5.21. The number of rotatable bonds is 9. The van der Waals surface area contributed by atoms with Gasteiger partial charge in [0.25, 0.3) is 11.8 Å². The van der Waals surface area contributed by atoms with Crippen LogP contribution in [0.3, 0.4) is 0 Å². The van der Waals surface area contributed by atoms with E-state index >= 15 is 0 Å². The van der Waals surface area contributed by atoms with Crippen molar-refractivity contribution < 1.29 is 19.1 Å². The highest BCUT2D eigenvalue weighted by Crippen LogP contribution is 2.31. The summed E-state index contributed by atoms with van der Waals surface area (Å²) in [7, 11) is 0. The number of anilines is 1. The molecule has 0 atom stereocenters. The van der Waals surface area contributed by atoms with E-state index in [1.807, 2.05) is 19.1 Å². The fraction of sp³-hybridized carbons (Fsp3) is 0.375. The quantitative estimate of drug-likeness (QED) is 0.329. The number of hydrogen-bond donors (Lipinski definition) is 0. The Balaban J connectivity index is 1.65. The van der Waals surface area contributed by atoms with Gasteiger partial charge in [0, 0.05) is 0 Å². The maximum atomic E-state index is 12.9. The van der Waals surface area contributed by atoms with Crippen molar-refractivity contribution in [3.63, 3.8) is 0 Å². The van der Waals surface area contributed by atoms with Crippen molar-refractivity contribution in [2.45, 2.75) is 52.4 Å². The Morgan fingerprint density at radius 2 is 1.59 bits per heavy atom. The van der Waals surface area contributed by atoms with E-state index in [0.717, 1.165) is 24.8 Å². The van der Waals surface area contributed by atoms with Gasteiger partial charge in [-0.05, 0) is 43.2 Å². The fourth-order valence-electron chi connectivity index (χ4n) is 3.53. The predicted molar refractivity (Wildman–Crippen MR) is 112 cm³/mol. The Morgan fingerprint density at radius 1 is 0.897 bits per heavy atom. The van der Waals surface area contributed by atoms with E-state index in [1.165, 1.54) is 36.3 Å². The number of ether oxygens (including phenoxy) is 1. The topological polar surface area (TPSA) is 63.7 Å². The number of carbonyl (C=O) groups excluding carboxylic acids is 3. The zero-order valence-corrected chi connectivity index (χ0v) is 17.1. The number of unbranched alkanes of at least 4 members (excludes halogenated alkanes) is 5. The number of aryl methyl sites for hydroxylation is 1. The van der Waals surface area contributed by atoms with E-state index in [4.69, 9.17) is 4.74 Å². The van der Waals surface area contributed by atoms with Crippen molar-refractivity contribution in [2.75, 3.05) is 11.5 Å².